The summed E-state index contributed by atoms with van der Waals surface area (Å²) in [5.41, 5.74) is 0. The third kappa shape index (κ3) is 1.26. The first kappa shape index (κ1) is 7.05. The standard InChI is InChI=1S/C6H9NO3/c1-5(9)7-2-6(3-7)10-4-8/h4,6H,2-3H2,1H3. The molecule has 1 aliphatic rings. The zero-order valence-electron chi connectivity index (χ0n) is 5.74. The highest BCUT2D eigenvalue weighted by molar-refractivity contribution is 5.74. The maximum Gasteiger partial charge on any atom is 0.293 e. The lowest BCUT2D eigenvalue weighted by atomic mass is 10.2. The molecular formula is C6H9NO3. The van der Waals surface area contributed by atoms with Crippen LogP contribution >= 0.6 is 0 Å². The summed E-state index contributed by atoms with van der Waals surface area (Å²) < 4.78 is 4.58. The fraction of sp³-hybridized carbons (Fsp3) is 0.667. The molecule has 0 bridgehead atoms. The number of nitrogens with zero attached hydrogens (tertiary/aromatic N) is 1. The Kier molecular flexibility index (Phi) is 1.89. The zero-order valence-corrected chi connectivity index (χ0v) is 5.74. The second kappa shape index (κ2) is 2.68. The molecule has 56 valence electrons. The van der Waals surface area contributed by atoms with Crippen molar-refractivity contribution in [1.82, 2.24) is 4.90 Å². The quantitative estimate of drug-likeness (QED) is 0.484. The molecule has 1 aliphatic heterocycles. The minimum Gasteiger partial charge on any atom is -0.461 e. The monoisotopic (exact) mass is 143 g/mol. The van der Waals surface area contributed by atoms with Gasteiger partial charge in [0.1, 0.15) is 6.10 Å². The summed E-state index contributed by atoms with van der Waals surface area (Å²) in [6.45, 7) is 3.02. The summed E-state index contributed by atoms with van der Waals surface area (Å²) in [5.74, 6) is 0.0331. The first-order chi connectivity index (χ1) is 4.74. The number of likely N-dealkylation sites (tertiary alicyclic amines) is 1. The third-order valence-electron chi connectivity index (χ3n) is 1.54. The van der Waals surface area contributed by atoms with E-state index in [1.54, 1.807) is 4.90 Å². The molecule has 0 saturated carbocycles. The van der Waals surface area contributed by atoms with Gasteiger partial charge in [-0.3, -0.25) is 9.59 Å². The summed E-state index contributed by atoms with van der Waals surface area (Å²) in [5, 5.41) is 0. The molecule has 1 saturated heterocycles. The van der Waals surface area contributed by atoms with E-state index in [9.17, 15) is 9.59 Å². The average molecular weight is 143 g/mol. The predicted octanol–water partition coefficient (Wildman–Crippen LogP) is -0.610. The molecule has 0 unspecified atom stereocenters. The smallest absolute Gasteiger partial charge is 0.293 e. The molecule has 1 rings (SSSR count). The number of amides is 1. The van der Waals surface area contributed by atoms with Crippen LogP contribution < -0.4 is 0 Å². The van der Waals surface area contributed by atoms with E-state index < -0.39 is 0 Å². The van der Waals surface area contributed by atoms with Crippen LogP contribution in [0.5, 0.6) is 0 Å². The van der Waals surface area contributed by atoms with Gasteiger partial charge in [0, 0.05) is 6.92 Å². The number of carbonyl (C=O) groups is 2. The Hall–Kier alpha value is -1.06. The van der Waals surface area contributed by atoms with Gasteiger partial charge in [0.25, 0.3) is 6.47 Å². The van der Waals surface area contributed by atoms with Crippen LogP contribution in [0.3, 0.4) is 0 Å². The van der Waals surface area contributed by atoms with Crippen molar-refractivity contribution in [3.8, 4) is 0 Å². The highest BCUT2D eigenvalue weighted by Crippen LogP contribution is 2.09. The fourth-order valence-electron chi connectivity index (χ4n) is 0.860. The molecule has 0 N–H and O–H groups in total. The predicted molar refractivity (Wildman–Crippen MR) is 33.2 cm³/mol. The normalized spacial score (nSPS) is 17.9. The molecule has 1 fully saturated rings. The molecule has 1 amide bonds. The van der Waals surface area contributed by atoms with Crippen LogP contribution in [0.2, 0.25) is 0 Å². The van der Waals surface area contributed by atoms with Gasteiger partial charge in [0.05, 0.1) is 13.1 Å². The van der Waals surface area contributed by atoms with Crippen LogP contribution in [-0.4, -0.2) is 36.5 Å². The van der Waals surface area contributed by atoms with E-state index in [-0.39, 0.29) is 12.0 Å². The largest absolute Gasteiger partial charge is 0.461 e. The summed E-state index contributed by atoms with van der Waals surface area (Å²) in [6.07, 6.45) is -0.0681. The molecular weight excluding hydrogens is 134 g/mol. The van der Waals surface area contributed by atoms with E-state index >= 15 is 0 Å². The van der Waals surface area contributed by atoms with Crippen molar-refractivity contribution in [2.24, 2.45) is 0 Å². The first-order valence-corrected chi connectivity index (χ1v) is 3.08. The Morgan fingerprint density at radius 2 is 2.30 bits per heavy atom. The summed E-state index contributed by atoms with van der Waals surface area (Å²) in [6, 6.07) is 0. The molecule has 10 heavy (non-hydrogen) atoms. The van der Waals surface area contributed by atoms with E-state index in [0.29, 0.717) is 19.6 Å². The summed E-state index contributed by atoms with van der Waals surface area (Å²) in [4.78, 5) is 21.9. The van der Waals surface area contributed by atoms with Crippen molar-refractivity contribution in [3.63, 3.8) is 0 Å². The van der Waals surface area contributed by atoms with Gasteiger partial charge in [0.2, 0.25) is 5.91 Å². The first-order valence-electron chi connectivity index (χ1n) is 3.08. The van der Waals surface area contributed by atoms with Crippen molar-refractivity contribution >= 4 is 12.4 Å². The molecule has 0 spiro atoms. The molecule has 0 aromatic rings. The Labute approximate surface area is 58.8 Å². The van der Waals surface area contributed by atoms with Crippen LogP contribution in [0, 0.1) is 0 Å². The molecule has 0 aromatic carbocycles. The summed E-state index contributed by atoms with van der Waals surface area (Å²) >= 11 is 0. The van der Waals surface area contributed by atoms with Gasteiger partial charge in [-0.05, 0) is 0 Å². The highest BCUT2D eigenvalue weighted by Gasteiger charge is 2.29. The van der Waals surface area contributed by atoms with E-state index in [4.69, 9.17) is 0 Å². The van der Waals surface area contributed by atoms with Gasteiger partial charge in [-0.1, -0.05) is 0 Å². The number of rotatable bonds is 2. The second-order valence-corrected chi connectivity index (χ2v) is 2.28. The van der Waals surface area contributed by atoms with E-state index in [1.165, 1.54) is 6.92 Å². The Morgan fingerprint density at radius 3 is 2.70 bits per heavy atom. The lowest BCUT2D eigenvalue weighted by Crippen LogP contribution is -2.53. The molecule has 0 aromatic heterocycles. The molecule has 0 radical (unpaired) electrons. The van der Waals surface area contributed by atoms with Gasteiger partial charge in [-0.2, -0.15) is 0 Å². The number of hydrogen-bond donors (Lipinski definition) is 0. The van der Waals surface area contributed by atoms with Gasteiger partial charge in [0.15, 0.2) is 0 Å². The van der Waals surface area contributed by atoms with Crippen molar-refractivity contribution < 1.29 is 14.3 Å². The number of ether oxygens (including phenoxy) is 1. The van der Waals surface area contributed by atoms with Crippen molar-refractivity contribution in [2.75, 3.05) is 13.1 Å². The molecule has 4 heteroatoms. The van der Waals surface area contributed by atoms with Crippen LogP contribution in [-0.2, 0) is 14.3 Å². The third-order valence-corrected chi connectivity index (χ3v) is 1.54. The maximum absolute atomic E-state index is 10.6. The Balaban J connectivity index is 2.17. The Morgan fingerprint density at radius 1 is 1.70 bits per heavy atom. The average Bonchev–Trinajstić information content (AvgIpc) is 1.76. The lowest BCUT2D eigenvalue weighted by molar-refractivity contribution is -0.152. The SMILES string of the molecule is CC(=O)N1CC(OC=O)C1. The van der Waals surface area contributed by atoms with Crippen molar-refractivity contribution in [1.29, 1.82) is 0 Å². The van der Waals surface area contributed by atoms with E-state index in [0.717, 1.165) is 0 Å². The van der Waals surface area contributed by atoms with Crippen LogP contribution in [0.25, 0.3) is 0 Å². The second-order valence-electron chi connectivity index (χ2n) is 2.28. The minimum atomic E-state index is -0.0681. The zero-order chi connectivity index (χ0) is 7.56. The molecule has 1 heterocycles. The minimum absolute atomic E-state index is 0.0331. The molecule has 0 aliphatic carbocycles. The van der Waals surface area contributed by atoms with Crippen LogP contribution in [0.1, 0.15) is 6.92 Å². The van der Waals surface area contributed by atoms with E-state index in [1.807, 2.05) is 0 Å². The Bertz CT molecular complexity index is 151. The van der Waals surface area contributed by atoms with E-state index in [2.05, 4.69) is 4.74 Å². The van der Waals surface area contributed by atoms with Gasteiger partial charge < -0.3 is 9.64 Å². The van der Waals surface area contributed by atoms with Gasteiger partial charge in [-0.25, -0.2) is 0 Å². The summed E-state index contributed by atoms with van der Waals surface area (Å²) in [7, 11) is 0. The topological polar surface area (TPSA) is 46.6 Å². The fourth-order valence-corrected chi connectivity index (χ4v) is 0.860. The maximum atomic E-state index is 10.6. The highest BCUT2D eigenvalue weighted by atomic mass is 16.5. The number of hydrogen-bond acceptors (Lipinski definition) is 3. The van der Waals surface area contributed by atoms with Crippen molar-refractivity contribution in [3.05, 3.63) is 0 Å². The number of carbonyl (C=O) groups excluding carboxylic acids is 2. The lowest BCUT2D eigenvalue weighted by Gasteiger charge is -2.36. The van der Waals surface area contributed by atoms with Crippen LogP contribution in [0.15, 0.2) is 0 Å². The van der Waals surface area contributed by atoms with Crippen LogP contribution in [0.4, 0.5) is 0 Å². The van der Waals surface area contributed by atoms with Gasteiger partial charge in [-0.15, -0.1) is 0 Å². The van der Waals surface area contributed by atoms with Crippen molar-refractivity contribution in [2.45, 2.75) is 13.0 Å². The molecule has 0 atom stereocenters. The van der Waals surface area contributed by atoms with Gasteiger partial charge >= 0.3 is 0 Å². The molecule has 4 nitrogen and oxygen atoms in total.